The van der Waals surface area contributed by atoms with Gasteiger partial charge in [0.15, 0.2) is 6.23 Å². The highest BCUT2D eigenvalue weighted by atomic mass is 28.3. The van der Waals surface area contributed by atoms with E-state index in [1.54, 1.807) is 0 Å². The van der Waals surface area contributed by atoms with Crippen LogP contribution in [0, 0.1) is 0 Å². The number of rotatable bonds is 9. The standard InChI is InChI=1S/C9H19NO4Si/c1-4-7-9(10-8-11)14-15(12-5-2)13-6-3/h9,15H,4-7H2,1-3H3. The maximum atomic E-state index is 10.1. The van der Waals surface area contributed by atoms with E-state index in [-0.39, 0.29) is 0 Å². The Hall–Kier alpha value is -0.523. The Labute approximate surface area is 92.4 Å². The highest BCUT2D eigenvalue weighted by Crippen LogP contribution is 2.06. The molecule has 1 unspecified atom stereocenters. The van der Waals surface area contributed by atoms with Gasteiger partial charge in [-0.25, -0.2) is 4.79 Å². The smallest absolute Gasteiger partial charge is 0.376 e. The number of nitrogens with zero attached hydrogens (tertiary/aromatic N) is 1. The number of aliphatic imine (C=N–C) groups is 1. The molecule has 0 aromatic rings. The molecular weight excluding hydrogens is 214 g/mol. The molecule has 0 heterocycles. The molecule has 0 saturated carbocycles. The monoisotopic (exact) mass is 233 g/mol. The number of hydrogen-bond acceptors (Lipinski definition) is 5. The maximum Gasteiger partial charge on any atom is 0.485 e. The average molecular weight is 233 g/mol. The van der Waals surface area contributed by atoms with Crippen molar-refractivity contribution in [3.05, 3.63) is 0 Å². The molecule has 1 atom stereocenters. The van der Waals surface area contributed by atoms with Gasteiger partial charge in [0.1, 0.15) is 0 Å². The van der Waals surface area contributed by atoms with Crippen LogP contribution in [0.3, 0.4) is 0 Å². The van der Waals surface area contributed by atoms with Gasteiger partial charge in [-0.2, -0.15) is 4.99 Å². The molecule has 0 fully saturated rings. The first-order valence-electron chi connectivity index (χ1n) is 5.24. The fourth-order valence-electron chi connectivity index (χ4n) is 0.996. The van der Waals surface area contributed by atoms with E-state index in [9.17, 15) is 4.79 Å². The zero-order valence-corrected chi connectivity index (χ0v) is 10.7. The van der Waals surface area contributed by atoms with Crippen LogP contribution < -0.4 is 0 Å². The second-order valence-electron chi connectivity index (χ2n) is 2.80. The molecule has 0 aliphatic heterocycles. The van der Waals surface area contributed by atoms with E-state index in [2.05, 4.69) is 4.99 Å². The van der Waals surface area contributed by atoms with Gasteiger partial charge in [-0.15, -0.1) is 0 Å². The van der Waals surface area contributed by atoms with Gasteiger partial charge in [0, 0.05) is 13.2 Å². The van der Waals surface area contributed by atoms with Gasteiger partial charge in [0.05, 0.1) is 0 Å². The van der Waals surface area contributed by atoms with Crippen LogP contribution in [0.15, 0.2) is 4.99 Å². The van der Waals surface area contributed by atoms with E-state index in [1.807, 2.05) is 20.8 Å². The molecule has 5 nitrogen and oxygen atoms in total. The topological polar surface area (TPSA) is 57.1 Å². The van der Waals surface area contributed by atoms with Crippen LogP contribution in [0.2, 0.25) is 0 Å². The normalized spacial score (nSPS) is 12.5. The summed E-state index contributed by atoms with van der Waals surface area (Å²) in [4.78, 5) is 13.7. The Morgan fingerprint density at radius 1 is 1.27 bits per heavy atom. The van der Waals surface area contributed by atoms with E-state index in [1.165, 1.54) is 6.08 Å². The molecule has 0 aromatic heterocycles. The van der Waals surface area contributed by atoms with Crippen LogP contribution in [-0.4, -0.2) is 35.0 Å². The highest BCUT2D eigenvalue weighted by Gasteiger charge is 2.19. The molecule has 0 amide bonds. The fourth-order valence-corrected chi connectivity index (χ4v) is 2.25. The van der Waals surface area contributed by atoms with Crippen LogP contribution >= 0.6 is 0 Å². The van der Waals surface area contributed by atoms with Crippen molar-refractivity contribution in [1.82, 2.24) is 0 Å². The molecular formula is C9H19NO4Si. The summed E-state index contributed by atoms with van der Waals surface area (Å²) < 4.78 is 16.1. The summed E-state index contributed by atoms with van der Waals surface area (Å²) >= 11 is 0. The van der Waals surface area contributed by atoms with E-state index in [4.69, 9.17) is 13.3 Å². The lowest BCUT2D eigenvalue weighted by Gasteiger charge is -2.18. The van der Waals surface area contributed by atoms with Gasteiger partial charge in [-0.1, -0.05) is 13.3 Å². The SMILES string of the molecule is CCCC(N=C=O)O[SiH](OCC)OCC. The van der Waals surface area contributed by atoms with E-state index >= 15 is 0 Å². The minimum atomic E-state index is -2.13. The zero-order valence-electron chi connectivity index (χ0n) is 9.56. The molecule has 0 aliphatic carbocycles. The van der Waals surface area contributed by atoms with Crippen molar-refractivity contribution in [1.29, 1.82) is 0 Å². The molecule has 0 aromatic carbocycles. The van der Waals surface area contributed by atoms with Crippen LogP contribution in [0.25, 0.3) is 0 Å². The van der Waals surface area contributed by atoms with Crippen LogP contribution in [0.4, 0.5) is 0 Å². The summed E-state index contributed by atoms with van der Waals surface area (Å²) in [6, 6.07) is 0. The first-order valence-corrected chi connectivity index (χ1v) is 6.65. The first kappa shape index (κ1) is 14.5. The Morgan fingerprint density at radius 2 is 1.87 bits per heavy atom. The number of carbonyl (C=O) groups excluding carboxylic acids is 1. The average Bonchev–Trinajstić information content (AvgIpc) is 2.19. The van der Waals surface area contributed by atoms with Crippen molar-refractivity contribution >= 4 is 15.6 Å². The van der Waals surface area contributed by atoms with E-state index < -0.39 is 15.8 Å². The summed E-state index contributed by atoms with van der Waals surface area (Å²) in [5, 5.41) is 0. The van der Waals surface area contributed by atoms with Crippen molar-refractivity contribution in [3.63, 3.8) is 0 Å². The lowest BCUT2D eigenvalue weighted by molar-refractivity contribution is 0.0629. The lowest BCUT2D eigenvalue weighted by atomic mass is 10.3. The van der Waals surface area contributed by atoms with Crippen molar-refractivity contribution in [2.24, 2.45) is 4.99 Å². The molecule has 0 spiro atoms. The molecule has 0 N–H and O–H groups in total. The van der Waals surface area contributed by atoms with Gasteiger partial charge >= 0.3 is 9.53 Å². The summed E-state index contributed by atoms with van der Waals surface area (Å²) in [7, 11) is -2.13. The van der Waals surface area contributed by atoms with Crippen molar-refractivity contribution in [2.75, 3.05) is 13.2 Å². The highest BCUT2D eigenvalue weighted by molar-refractivity contribution is 6.36. The third-order valence-corrected chi connectivity index (χ3v) is 3.35. The minimum absolute atomic E-state index is 0.470. The van der Waals surface area contributed by atoms with Crippen LogP contribution in [0.1, 0.15) is 33.6 Å². The molecule has 15 heavy (non-hydrogen) atoms. The predicted molar refractivity (Wildman–Crippen MR) is 58.3 cm³/mol. The molecule has 6 heteroatoms. The minimum Gasteiger partial charge on any atom is -0.376 e. The van der Waals surface area contributed by atoms with Crippen molar-refractivity contribution in [3.8, 4) is 0 Å². The molecule has 88 valence electrons. The van der Waals surface area contributed by atoms with Crippen LogP contribution in [-0.2, 0) is 18.1 Å². The fraction of sp³-hybridized carbons (Fsp3) is 0.889. The lowest BCUT2D eigenvalue weighted by Crippen LogP contribution is -2.31. The molecule has 0 saturated heterocycles. The number of hydrogen-bond donors (Lipinski definition) is 0. The molecule has 0 radical (unpaired) electrons. The third kappa shape index (κ3) is 7.41. The number of isocyanates is 1. The van der Waals surface area contributed by atoms with E-state index in [0.717, 1.165) is 6.42 Å². The predicted octanol–water partition coefficient (Wildman–Crippen LogP) is 1.26. The second-order valence-corrected chi connectivity index (χ2v) is 4.32. The van der Waals surface area contributed by atoms with Crippen molar-refractivity contribution < 1.29 is 18.1 Å². The van der Waals surface area contributed by atoms with Gasteiger partial charge < -0.3 is 13.3 Å². The second kappa shape index (κ2) is 10.0. The summed E-state index contributed by atoms with van der Waals surface area (Å²) in [5.41, 5.74) is 0. The van der Waals surface area contributed by atoms with Crippen molar-refractivity contribution in [2.45, 2.75) is 39.8 Å². The van der Waals surface area contributed by atoms with Gasteiger partial charge in [0.2, 0.25) is 6.08 Å². The first-order chi connectivity index (χ1) is 7.28. The third-order valence-electron chi connectivity index (χ3n) is 1.61. The molecule has 0 bridgehead atoms. The summed E-state index contributed by atoms with van der Waals surface area (Å²) in [6.07, 6.45) is 2.60. The molecule has 0 aliphatic rings. The van der Waals surface area contributed by atoms with Gasteiger partial charge in [-0.05, 0) is 20.3 Å². The quantitative estimate of drug-likeness (QED) is 0.342. The zero-order chi connectivity index (χ0) is 11.5. The van der Waals surface area contributed by atoms with Crippen LogP contribution in [0.5, 0.6) is 0 Å². The Bertz CT molecular complexity index is 191. The summed E-state index contributed by atoms with van der Waals surface area (Å²) in [6.45, 7) is 6.83. The van der Waals surface area contributed by atoms with E-state index in [0.29, 0.717) is 19.6 Å². The maximum absolute atomic E-state index is 10.1. The molecule has 0 rings (SSSR count). The Kier molecular flexibility index (Phi) is 9.66. The Morgan fingerprint density at radius 3 is 2.27 bits per heavy atom. The largest absolute Gasteiger partial charge is 0.485 e. The summed E-state index contributed by atoms with van der Waals surface area (Å²) in [5.74, 6) is 0. The Balaban J connectivity index is 4.11. The van der Waals surface area contributed by atoms with Gasteiger partial charge in [-0.3, -0.25) is 0 Å². The van der Waals surface area contributed by atoms with Gasteiger partial charge in [0.25, 0.3) is 0 Å².